The van der Waals surface area contributed by atoms with Gasteiger partial charge in [-0.05, 0) is 43.9 Å². The number of β-amino-alcohol motifs (C(OH)–C–C–N with tert-alkyl or cyclic N) is 1. The van der Waals surface area contributed by atoms with Crippen molar-refractivity contribution in [1.29, 1.82) is 0 Å². The first-order chi connectivity index (χ1) is 12.2. The summed E-state index contributed by atoms with van der Waals surface area (Å²) in [7, 11) is 2.01. The highest BCUT2D eigenvalue weighted by molar-refractivity contribution is 5.57. The van der Waals surface area contributed by atoms with Crippen molar-refractivity contribution in [2.24, 2.45) is 5.92 Å². The van der Waals surface area contributed by atoms with E-state index < -0.39 is 0 Å². The zero-order valence-electron chi connectivity index (χ0n) is 14.9. The Balaban J connectivity index is 1.52. The molecular weight excluding hydrogens is 312 g/mol. The molecule has 0 radical (unpaired) electrons. The lowest BCUT2D eigenvalue weighted by Crippen LogP contribution is -2.33. The summed E-state index contributed by atoms with van der Waals surface area (Å²) in [5, 5.41) is 13.2. The third-order valence-corrected chi connectivity index (χ3v) is 5.45. The smallest absolute Gasteiger partial charge is 0.139 e. The fourth-order valence-electron chi connectivity index (χ4n) is 3.79. The van der Waals surface area contributed by atoms with Gasteiger partial charge < -0.3 is 15.0 Å². The highest BCUT2D eigenvalue weighted by Crippen LogP contribution is 2.32. The number of hydrogen-bond acceptors (Lipinski definition) is 4. The summed E-state index contributed by atoms with van der Waals surface area (Å²) in [5.74, 6) is 1.91. The number of rotatable bonds is 7. The predicted molar refractivity (Wildman–Crippen MR) is 99.3 cm³/mol. The number of nitrogens with zero attached hydrogens (tertiary/aromatic N) is 3. The van der Waals surface area contributed by atoms with Crippen molar-refractivity contribution < 1.29 is 5.11 Å². The second-order valence-electron chi connectivity index (χ2n) is 7.52. The highest BCUT2D eigenvalue weighted by atomic mass is 16.3. The number of aromatic nitrogens is 2. The fourth-order valence-corrected chi connectivity index (χ4v) is 3.79. The van der Waals surface area contributed by atoms with Crippen molar-refractivity contribution in [3.05, 3.63) is 42.2 Å². The molecule has 1 saturated heterocycles. The summed E-state index contributed by atoms with van der Waals surface area (Å²) in [6, 6.07) is 8.99. The van der Waals surface area contributed by atoms with Crippen LogP contribution in [0.2, 0.25) is 0 Å². The monoisotopic (exact) mass is 340 g/mol. The molecule has 2 fully saturated rings. The van der Waals surface area contributed by atoms with Gasteiger partial charge in [-0.25, -0.2) is 4.98 Å². The second-order valence-corrected chi connectivity index (χ2v) is 7.52. The Hall–Kier alpha value is -1.69. The van der Waals surface area contributed by atoms with Gasteiger partial charge in [-0.1, -0.05) is 18.2 Å². The first-order valence-electron chi connectivity index (χ1n) is 9.42. The minimum Gasteiger partial charge on any atom is -0.392 e. The number of imidazole rings is 1. The summed E-state index contributed by atoms with van der Waals surface area (Å²) >= 11 is 0. The Kier molecular flexibility index (Phi) is 4.88. The predicted octanol–water partition coefficient (Wildman–Crippen LogP) is 2.29. The third kappa shape index (κ3) is 3.94. The van der Waals surface area contributed by atoms with E-state index in [0.29, 0.717) is 0 Å². The van der Waals surface area contributed by atoms with Gasteiger partial charge in [-0.3, -0.25) is 4.90 Å². The lowest BCUT2D eigenvalue weighted by atomic mass is 10.0. The lowest BCUT2D eigenvalue weighted by Gasteiger charge is -2.24. The third-order valence-electron chi connectivity index (χ3n) is 5.45. The van der Waals surface area contributed by atoms with Gasteiger partial charge in [0.05, 0.1) is 6.10 Å². The van der Waals surface area contributed by atoms with Crippen LogP contribution in [0.1, 0.15) is 30.9 Å². The average molecular weight is 340 g/mol. The molecule has 1 aliphatic heterocycles. The Bertz CT molecular complexity index is 709. The zero-order chi connectivity index (χ0) is 17.2. The molecular formula is C20H28N4O. The van der Waals surface area contributed by atoms with E-state index in [-0.39, 0.29) is 12.1 Å². The van der Waals surface area contributed by atoms with E-state index in [4.69, 9.17) is 0 Å². The van der Waals surface area contributed by atoms with Crippen LogP contribution in [0.3, 0.4) is 0 Å². The van der Waals surface area contributed by atoms with Crippen LogP contribution in [-0.2, 0) is 6.54 Å². The number of hydrogen-bond donors (Lipinski definition) is 2. The van der Waals surface area contributed by atoms with Crippen LogP contribution in [0.15, 0.2) is 36.7 Å². The van der Waals surface area contributed by atoms with E-state index in [9.17, 15) is 5.11 Å². The Morgan fingerprint density at radius 2 is 2.20 bits per heavy atom. The van der Waals surface area contributed by atoms with Crippen LogP contribution in [0.25, 0.3) is 11.4 Å². The normalized spacial score (nSPS) is 22.4. The minimum atomic E-state index is -0.168. The molecule has 4 rings (SSSR count). The SMILES string of the molecule is CNC(CN1CCC(O)C1)c1cccc(-c2nccn2CC2CC2)c1. The summed E-state index contributed by atoms with van der Waals surface area (Å²) in [4.78, 5) is 6.95. The van der Waals surface area contributed by atoms with Crippen LogP contribution in [-0.4, -0.2) is 52.3 Å². The quantitative estimate of drug-likeness (QED) is 0.812. The summed E-state index contributed by atoms with van der Waals surface area (Å²) < 4.78 is 2.29. The molecule has 134 valence electrons. The van der Waals surface area contributed by atoms with Crippen molar-refractivity contribution >= 4 is 0 Å². The van der Waals surface area contributed by atoms with Crippen LogP contribution in [0, 0.1) is 5.92 Å². The van der Waals surface area contributed by atoms with E-state index in [1.807, 2.05) is 13.2 Å². The highest BCUT2D eigenvalue weighted by Gasteiger charge is 2.24. The summed E-state index contributed by atoms with van der Waals surface area (Å²) in [6.07, 6.45) is 7.42. The fraction of sp³-hybridized carbons (Fsp3) is 0.550. The van der Waals surface area contributed by atoms with Crippen LogP contribution in [0.5, 0.6) is 0 Å². The van der Waals surface area contributed by atoms with Gasteiger partial charge in [-0.2, -0.15) is 0 Å². The molecule has 1 aromatic heterocycles. The molecule has 2 aromatic rings. The number of aliphatic hydroxyl groups excluding tert-OH is 1. The lowest BCUT2D eigenvalue weighted by molar-refractivity contribution is 0.173. The molecule has 1 saturated carbocycles. The van der Waals surface area contributed by atoms with Crippen molar-refractivity contribution in [3.8, 4) is 11.4 Å². The Morgan fingerprint density at radius 1 is 1.32 bits per heavy atom. The van der Waals surface area contributed by atoms with Gasteiger partial charge in [0.2, 0.25) is 0 Å². The molecule has 2 unspecified atom stereocenters. The minimum absolute atomic E-state index is 0.168. The second kappa shape index (κ2) is 7.28. The van der Waals surface area contributed by atoms with Gasteiger partial charge in [-0.15, -0.1) is 0 Å². The van der Waals surface area contributed by atoms with E-state index >= 15 is 0 Å². The van der Waals surface area contributed by atoms with Gasteiger partial charge >= 0.3 is 0 Å². The van der Waals surface area contributed by atoms with E-state index in [1.165, 1.54) is 24.0 Å². The molecule has 1 aromatic carbocycles. The van der Waals surface area contributed by atoms with E-state index in [0.717, 1.165) is 44.3 Å². The van der Waals surface area contributed by atoms with Crippen molar-refractivity contribution in [1.82, 2.24) is 19.8 Å². The Morgan fingerprint density at radius 3 is 2.92 bits per heavy atom. The topological polar surface area (TPSA) is 53.3 Å². The van der Waals surface area contributed by atoms with Gasteiger partial charge in [0.25, 0.3) is 0 Å². The number of benzene rings is 1. The number of nitrogens with one attached hydrogen (secondary N) is 1. The Labute approximate surface area is 149 Å². The van der Waals surface area contributed by atoms with Crippen LogP contribution >= 0.6 is 0 Å². The molecule has 2 atom stereocenters. The molecule has 0 bridgehead atoms. The molecule has 0 spiro atoms. The molecule has 5 nitrogen and oxygen atoms in total. The zero-order valence-corrected chi connectivity index (χ0v) is 14.9. The first kappa shape index (κ1) is 16.8. The molecule has 1 aliphatic carbocycles. The number of likely N-dealkylation sites (N-methyl/N-ethyl adjacent to an activating group) is 1. The molecule has 0 amide bonds. The van der Waals surface area contributed by atoms with Gasteiger partial charge in [0.1, 0.15) is 5.82 Å². The van der Waals surface area contributed by atoms with Gasteiger partial charge in [0.15, 0.2) is 0 Å². The largest absolute Gasteiger partial charge is 0.392 e. The maximum Gasteiger partial charge on any atom is 0.139 e. The maximum absolute atomic E-state index is 9.76. The molecule has 25 heavy (non-hydrogen) atoms. The number of likely N-dealkylation sites (tertiary alicyclic amines) is 1. The maximum atomic E-state index is 9.76. The van der Waals surface area contributed by atoms with Crippen LogP contribution < -0.4 is 5.32 Å². The van der Waals surface area contributed by atoms with Crippen LogP contribution in [0.4, 0.5) is 0 Å². The number of aliphatic hydroxyl groups is 1. The molecule has 2 N–H and O–H groups in total. The van der Waals surface area contributed by atoms with Crippen molar-refractivity contribution in [2.75, 3.05) is 26.7 Å². The first-order valence-corrected chi connectivity index (χ1v) is 9.42. The summed E-state index contributed by atoms with van der Waals surface area (Å²) in [6.45, 7) is 3.77. The average Bonchev–Trinajstić information content (AvgIpc) is 3.15. The van der Waals surface area contributed by atoms with Crippen molar-refractivity contribution in [3.63, 3.8) is 0 Å². The van der Waals surface area contributed by atoms with E-state index in [1.54, 1.807) is 0 Å². The van der Waals surface area contributed by atoms with Gasteiger partial charge in [0, 0.05) is 50.2 Å². The standard InChI is InChI=1S/C20H28N4O/c1-21-19(14-23-9-7-18(25)13-23)16-3-2-4-17(11-16)20-22-8-10-24(20)12-15-5-6-15/h2-4,8,10-11,15,18-19,21,25H,5-7,9,12-14H2,1H3. The summed E-state index contributed by atoms with van der Waals surface area (Å²) in [5.41, 5.74) is 2.47. The molecule has 2 heterocycles. The van der Waals surface area contributed by atoms with E-state index in [2.05, 4.69) is 50.2 Å². The van der Waals surface area contributed by atoms with Crippen molar-refractivity contribution in [2.45, 2.75) is 38.0 Å². The molecule has 2 aliphatic rings. The molecule has 5 heteroatoms.